The molecule has 0 aromatic carbocycles. The van der Waals surface area contributed by atoms with Crippen molar-refractivity contribution in [1.82, 2.24) is 0 Å². The predicted molar refractivity (Wildman–Crippen MR) is 51.1 cm³/mol. The Morgan fingerprint density at radius 3 is 1.83 bits per heavy atom. The van der Waals surface area contributed by atoms with Crippen LogP contribution >= 0.6 is 24.0 Å². The highest BCUT2D eigenvalue weighted by Crippen LogP contribution is 2.13. The first-order valence-electron chi connectivity index (χ1n) is 3.10. The number of hydrogen-bond acceptors (Lipinski definition) is 4. The summed E-state index contributed by atoms with van der Waals surface area (Å²) in [5.74, 6) is 0. The Hall–Kier alpha value is 0.450. The molecule has 3 atom stereocenters. The number of halogens is 2. The Labute approximate surface area is 83.4 Å². The second-order valence-corrected chi connectivity index (χ2v) is 5.87. The number of aliphatic hydroxyl groups excluding tert-OH is 1. The summed E-state index contributed by atoms with van der Waals surface area (Å²) < 4.78 is 21.2. The van der Waals surface area contributed by atoms with E-state index >= 15 is 0 Å². The van der Waals surface area contributed by atoms with Gasteiger partial charge >= 0.3 is 0 Å². The van der Waals surface area contributed by atoms with Crippen LogP contribution in [0.25, 0.3) is 0 Å². The second kappa shape index (κ2) is 5.24. The van der Waals surface area contributed by atoms with Gasteiger partial charge < -0.3 is 10.8 Å². The number of nitrogens with two attached hydrogens (primary N) is 1. The van der Waals surface area contributed by atoms with Gasteiger partial charge in [0.25, 0.3) is 0 Å². The molecule has 0 aromatic rings. The normalized spacial score (nSPS) is 19.1. The number of alkyl halides is 1. The lowest BCUT2D eigenvalue weighted by atomic mass is 10.4. The fraction of sp³-hybridized carbons (Fsp3) is 1.00. The maximum Gasteiger partial charge on any atom is 0.173 e. The van der Waals surface area contributed by atoms with E-state index in [-0.39, 0.29) is 12.4 Å². The minimum Gasteiger partial charge on any atom is -0.377 e. The van der Waals surface area contributed by atoms with Crippen molar-refractivity contribution in [2.24, 2.45) is 5.73 Å². The standard InChI is InChI=1S/C5H12ClNO3S.ClH/c1-3(5(7)8)11(9,10)4(2)6;/h3-5,8H,7H2,1-2H3;1H. The molecule has 7 heteroatoms. The van der Waals surface area contributed by atoms with Gasteiger partial charge in [-0.05, 0) is 13.8 Å². The third-order valence-corrected chi connectivity index (χ3v) is 4.42. The topological polar surface area (TPSA) is 80.4 Å². The van der Waals surface area contributed by atoms with Crippen LogP contribution in [0.5, 0.6) is 0 Å². The molecule has 12 heavy (non-hydrogen) atoms. The summed E-state index contributed by atoms with van der Waals surface area (Å²) in [5, 5.41) is 7.73. The number of hydrogen-bond donors (Lipinski definition) is 2. The summed E-state index contributed by atoms with van der Waals surface area (Å²) in [7, 11) is -3.49. The predicted octanol–water partition coefficient (Wildman–Crippen LogP) is 0.0734. The van der Waals surface area contributed by atoms with Gasteiger partial charge in [-0.3, -0.25) is 0 Å². The smallest absolute Gasteiger partial charge is 0.173 e. The average molecular weight is 238 g/mol. The maximum absolute atomic E-state index is 11.1. The summed E-state index contributed by atoms with van der Waals surface area (Å²) in [4.78, 5) is 0. The second-order valence-electron chi connectivity index (χ2n) is 2.33. The van der Waals surface area contributed by atoms with Crippen molar-refractivity contribution in [3.05, 3.63) is 0 Å². The molecule has 0 saturated heterocycles. The van der Waals surface area contributed by atoms with Gasteiger partial charge in [-0.25, -0.2) is 8.42 Å². The van der Waals surface area contributed by atoms with Gasteiger partial charge in [0.1, 0.15) is 10.9 Å². The quantitative estimate of drug-likeness (QED) is 0.538. The first-order chi connectivity index (χ1) is 4.80. The molecule has 0 aromatic heterocycles. The van der Waals surface area contributed by atoms with Crippen molar-refractivity contribution in [2.75, 3.05) is 0 Å². The lowest BCUT2D eigenvalue weighted by molar-refractivity contribution is 0.180. The number of rotatable bonds is 3. The molecule has 0 aliphatic carbocycles. The van der Waals surface area contributed by atoms with Crippen LogP contribution in [-0.2, 0) is 9.84 Å². The molecule has 0 fully saturated rings. The zero-order valence-corrected chi connectivity index (χ0v) is 9.16. The van der Waals surface area contributed by atoms with Crippen LogP contribution in [0.3, 0.4) is 0 Å². The molecule has 0 heterocycles. The van der Waals surface area contributed by atoms with E-state index in [0.29, 0.717) is 0 Å². The summed E-state index contributed by atoms with van der Waals surface area (Å²) in [5.41, 5.74) is 4.98. The van der Waals surface area contributed by atoms with E-state index in [2.05, 4.69) is 0 Å². The van der Waals surface area contributed by atoms with Gasteiger partial charge in [0.05, 0.1) is 5.25 Å². The van der Waals surface area contributed by atoms with E-state index in [1.807, 2.05) is 0 Å². The fourth-order valence-corrected chi connectivity index (χ4v) is 1.96. The highest BCUT2D eigenvalue weighted by molar-refractivity contribution is 7.93. The minimum atomic E-state index is -3.49. The van der Waals surface area contributed by atoms with Crippen LogP contribution in [-0.4, -0.2) is 29.7 Å². The molecule has 0 saturated carbocycles. The van der Waals surface area contributed by atoms with Crippen molar-refractivity contribution in [2.45, 2.75) is 30.0 Å². The third-order valence-electron chi connectivity index (χ3n) is 1.45. The van der Waals surface area contributed by atoms with Crippen LogP contribution in [0, 0.1) is 0 Å². The average Bonchev–Trinajstić information content (AvgIpc) is 1.85. The molecule has 0 amide bonds. The summed E-state index contributed by atoms with van der Waals surface area (Å²) >= 11 is 5.35. The zero-order valence-electron chi connectivity index (χ0n) is 6.77. The van der Waals surface area contributed by atoms with Gasteiger partial charge in [0.15, 0.2) is 9.84 Å². The van der Waals surface area contributed by atoms with Crippen molar-refractivity contribution in [3.63, 3.8) is 0 Å². The Bertz CT molecular complexity index is 215. The van der Waals surface area contributed by atoms with Crippen LogP contribution in [0.2, 0.25) is 0 Å². The van der Waals surface area contributed by atoms with Gasteiger partial charge in [-0.1, -0.05) is 0 Å². The fourth-order valence-electron chi connectivity index (χ4n) is 0.490. The molecule has 76 valence electrons. The molecule has 3 N–H and O–H groups in total. The Morgan fingerprint density at radius 1 is 1.42 bits per heavy atom. The van der Waals surface area contributed by atoms with Crippen molar-refractivity contribution < 1.29 is 13.5 Å². The summed E-state index contributed by atoms with van der Waals surface area (Å²) in [6.07, 6.45) is -1.37. The van der Waals surface area contributed by atoms with Gasteiger partial charge in [-0.2, -0.15) is 0 Å². The van der Waals surface area contributed by atoms with E-state index < -0.39 is 26.0 Å². The summed E-state index contributed by atoms with van der Waals surface area (Å²) in [6.45, 7) is 2.65. The lowest BCUT2D eigenvalue weighted by Gasteiger charge is -2.16. The Morgan fingerprint density at radius 2 is 1.75 bits per heavy atom. The van der Waals surface area contributed by atoms with Gasteiger partial charge in [0.2, 0.25) is 0 Å². The first-order valence-corrected chi connectivity index (χ1v) is 5.15. The van der Waals surface area contributed by atoms with Crippen molar-refractivity contribution in [1.29, 1.82) is 0 Å². The molecule has 0 aliphatic heterocycles. The summed E-state index contributed by atoms with van der Waals surface area (Å²) in [6, 6.07) is 0. The molecule has 0 spiro atoms. The Kier molecular flexibility index (Phi) is 6.52. The molecule has 0 radical (unpaired) electrons. The van der Waals surface area contributed by atoms with E-state index in [0.717, 1.165) is 0 Å². The van der Waals surface area contributed by atoms with E-state index in [9.17, 15) is 8.42 Å². The monoisotopic (exact) mass is 237 g/mol. The molecular formula is C5H13Cl2NO3S. The number of aliphatic hydroxyl groups is 1. The van der Waals surface area contributed by atoms with E-state index in [1.54, 1.807) is 0 Å². The van der Waals surface area contributed by atoms with Crippen molar-refractivity contribution >= 4 is 33.8 Å². The van der Waals surface area contributed by atoms with Crippen LogP contribution in [0.1, 0.15) is 13.8 Å². The van der Waals surface area contributed by atoms with E-state index in [4.69, 9.17) is 22.4 Å². The molecule has 0 rings (SSSR count). The highest BCUT2D eigenvalue weighted by atomic mass is 35.5. The molecule has 0 aliphatic rings. The van der Waals surface area contributed by atoms with Crippen molar-refractivity contribution in [3.8, 4) is 0 Å². The molecule has 3 unspecified atom stereocenters. The third kappa shape index (κ3) is 3.45. The zero-order chi connectivity index (χ0) is 9.23. The largest absolute Gasteiger partial charge is 0.377 e. The molecule has 4 nitrogen and oxygen atoms in total. The van der Waals surface area contributed by atoms with Gasteiger partial charge in [0, 0.05) is 0 Å². The first kappa shape index (κ1) is 14.9. The SMILES string of the molecule is CC(Cl)S(=O)(=O)C(C)C(N)O.Cl. The van der Waals surface area contributed by atoms with Crippen LogP contribution in [0.15, 0.2) is 0 Å². The van der Waals surface area contributed by atoms with Crippen LogP contribution < -0.4 is 5.73 Å². The highest BCUT2D eigenvalue weighted by Gasteiger charge is 2.29. The van der Waals surface area contributed by atoms with Crippen LogP contribution in [0.4, 0.5) is 0 Å². The van der Waals surface area contributed by atoms with E-state index in [1.165, 1.54) is 13.8 Å². The lowest BCUT2D eigenvalue weighted by Crippen LogP contribution is -2.40. The molecular weight excluding hydrogens is 225 g/mol. The maximum atomic E-state index is 11.1. The Balaban J connectivity index is 0. The minimum absolute atomic E-state index is 0. The van der Waals surface area contributed by atoms with Gasteiger partial charge in [-0.15, -0.1) is 24.0 Å². The molecule has 0 bridgehead atoms. The number of sulfone groups is 1.